The SMILES string of the molecule is CC(C)(C)OC(=O)N1C[C@H]2C[C@@H](C1)CN(C(=O)c1cc(C#N)co1)C2. The van der Waals surface area contributed by atoms with E-state index < -0.39 is 5.60 Å². The molecule has 0 aromatic carbocycles. The second-order valence-electron chi connectivity index (χ2n) is 7.87. The molecule has 0 aliphatic carbocycles. The van der Waals surface area contributed by atoms with Crippen molar-refractivity contribution in [3.8, 4) is 6.07 Å². The van der Waals surface area contributed by atoms with Gasteiger partial charge in [0, 0.05) is 32.2 Å². The van der Waals surface area contributed by atoms with Crippen LogP contribution < -0.4 is 0 Å². The number of furan rings is 1. The molecule has 1 aromatic heterocycles. The summed E-state index contributed by atoms with van der Waals surface area (Å²) >= 11 is 0. The van der Waals surface area contributed by atoms with Gasteiger partial charge in [-0.2, -0.15) is 5.26 Å². The summed E-state index contributed by atoms with van der Waals surface area (Å²) in [6.45, 7) is 7.92. The molecule has 2 fully saturated rings. The normalized spacial score (nSPS) is 23.1. The van der Waals surface area contributed by atoms with Gasteiger partial charge in [-0.25, -0.2) is 4.79 Å². The number of fused-ring (bicyclic) bond motifs is 2. The topological polar surface area (TPSA) is 86.8 Å². The van der Waals surface area contributed by atoms with E-state index in [4.69, 9.17) is 14.4 Å². The molecule has 1 aromatic rings. The Kier molecular flexibility index (Phi) is 4.46. The van der Waals surface area contributed by atoms with Crippen molar-refractivity contribution >= 4 is 12.0 Å². The van der Waals surface area contributed by atoms with Crippen LogP contribution in [0.2, 0.25) is 0 Å². The minimum absolute atomic E-state index is 0.193. The van der Waals surface area contributed by atoms with Crippen molar-refractivity contribution in [1.82, 2.24) is 9.80 Å². The van der Waals surface area contributed by atoms with Crippen LogP contribution in [0.4, 0.5) is 4.79 Å². The molecule has 7 heteroatoms. The maximum absolute atomic E-state index is 12.6. The van der Waals surface area contributed by atoms with Gasteiger partial charge in [-0.05, 0) is 39.0 Å². The Morgan fingerprint density at radius 3 is 2.32 bits per heavy atom. The largest absolute Gasteiger partial charge is 0.458 e. The molecular weight excluding hydrogens is 322 g/mol. The molecule has 3 rings (SSSR count). The Morgan fingerprint density at radius 1 is 1.20 bits per heavy atom. The molecule has 2 amide bonds. The average molecular weight is 345 g/mol. The van der Waals surface area contributed by atoms with Crippen LogP contribution >= 0.6 is 0 Å². The summed E-state index contributed by atoms with van der Waals surface area (Å²) in [6.07, 6.45) is 2.01. The lowest BCUT2D eigenvalue weighted by Crippen LogP contribution is -2.55. The number of rotatable bonds is 1. The summed E-state index contributed by atoms with van der Waals surface area (Å²) in [7, 11) is 0. The molecule has 0 saturated carbocycles. The lowest BCUT2D eigenvalue weighted by atomic mass is 9.84. The van der Waals surface area contributed by atoms with Gasteiger partial charge in [0.25, 0.3) is 5.91 Å². The summed E-state index contributed by atoms with van der Waals surface area (Å²) in [5.74, 6) is 0.464. The molecule has 3 heterocycles. The Morgan fingerprint density at radius 2 is 1.80 bits per heavy atom. The van der Waals surface area contributed by atoms with E-state index in [2.05, 4.69) is 0 Å². The zero-order valence-electron chi connectivity index (χ0n) is 14.8. The van der Waals surface area contributed by atoms with E-state index in [9.17, 15) is 9.59 Å². The van der Waals surface area contributed by atoms with Gasteiger partial charge in [-0.3, -0.25) is 4.79 Å². The van der Waals surface area contributed by atoms with Crippen molar-refractivity contribution in [1.29, 1.82) is 5.26 Å². The number of nitriles is 1. The third kappa shape index (κ3) is 3.95. The summed E-state index contributed by atoms with van der Waals surface area (Å²) in [4.78, 5) is 28.4. The second kappa shape index (κ2) is 6.43. The predicted octanol–water partition coefficient (Wildman–Crippen LogP) is 2.48. The third-order valence-corrected chi connectivity index (χ3v) is 4.46. The van der Waals surface area contributed by atoms with Crippen LogP contribution in [0.25, 0.3) is 0 Å². The molecule has 0 unspecified atom stereocenters. The fourth-order valence-corrected chi connectivity index (χ4v) is 3.59. The zero-order valence-corrected chi connectivity index (χ0v) is 14.8. The summed E-state index contributed by atoms with van der Waals surface area (Å²) in [5.41, 5.74) is -0.166. The highest BCUT2D eigenvalue weighted by Gasteiger charge is 2.39. The number of piperidine rings is 2. The van der Waals surface area contributed by atoms with Crippen molar-refractivity contribution in [2.45, 2.75) is 32.8 Å². The van der Waals surface area contributed by atoms with Gasteiger partial charge in [0.15, 0.2) is 5.76 Å². The van der Waals surface area contributed by atoms with Crippen molar-refractivity contribution in [3.05, 3.63) is 23.7 Å². The van der Waals surface area contributed by atoms with Crippen molar-refractivity contribution in [3.63, 3.8) is 0 Å². The number of ether oxygens (including phenoxy) is 1. The number of carbonyl (C=O) groups is 2. The highest BCUT2D eigenvalue weighted by Crippen LogP contribution is 2.30. The Hall–Kier alpha value is -2.49. The Balaban J connectivity index is 1.63. The lowest BCUT2D eigenvalue weighted by molar-refractivity contribution is -0.00762. The van der Waals surface area contributed by atoms with Gasteiger partial charge in [0.2, 0.25) is 0 Å². The zero-order chi connectivity index (χ0) is 18.2. The second-order valence-corrected chi connectivity index (χ2v) is 7.87. The predicted molar refractivity (Wildman–Crippen MR) is 88.7 cm³/mol. The smallest absolute Gasteiger partial charge is 0.410 e. The fourth-order valence-electron chi connectivity index (χ4n) is 3.59. The quantitative estimate of drug-likeness (QED) is 0.780. The van der Waals surface area contributed by atoms with E-state index in [1.807, 2.05) is 26.8 Å². The molecule has 0 spiro atoms. The molecule has 25 heavy (non-hydrogen) atoms. The van der Waals surface area contributed by atoms with Crippen molar-refractivity contribution < 1.29 is 18.7 Å². The summed E-state index contributed by atoms with van der Waals surface area (Å²) in [5, 5.41) is 8.85. The van der Waals surface area contributed by atoms with E-state index in [1.165, 1.54) is 12.3 Å². The van der Waals surface area contributed by atoms with Gasteiger partial charge >= 0.3 is 6.09 Å². The minimum atomic E-state index is -0.511. The first-order valence-electron chi connectivity index (χ1n) is 8.51. The molecule has 7 nitrogen and oxygen atoms in total. The third-order valence-electron chi connectivity index (χ3n) is 4.46. The van der Waals surface area contributed by atoms with E-state index in [0.717, 1.165) is 6.42 Å². The van der Waals surface area contributed by atoms with E-state index in [1.54, 1.807) is 9.80 Å². The van der Waals surface area contributed by atoms with Gasteiger partial charge in [0.05, 0.1) is 5.56 Å². The van der Waals surface area contributed by atoms with E-state index >= 15 is 0 Å². The van der Waals surface area contributed by atoms with Gasteiger partial charge in [0.1, 0.15) is 17.9 Å². The monoisotopic (exact) mass is 345 g/mol. The van der Waals surface area contributed by atoms with E-state index in [0.29, 0.717) is 31.7 Å². The van der Waals surface area contributed by atoms with Gasteiger partial charge in [-0.15, -0.1) is 0 Å². The van der Waals surface area contributed by atoms with Gasteiger partial charge < -0.3 is 19.0 Å². The molecule has 2 saturated heterocycles. The maximum Gasteiger partial charge on any atom is 0.410 e. The molecule has 2 bridgehead atoms. The number of nitrogens with zero attached hydrogens (tertiary/aromatic N) is 3. The molecule has 2 aliphatic heterocycles. The molecule has 2 aliphatic rings. The molecule has 0 radical (unpaired) electrons. The molecular formula is C18H23N3O4. The van der Waals surface area contributed by atoms with Crippen molar-refractivity contribution in [2.75, 3.05) is 26.2 Å². The number of hydrogen-bond acceptors (Lipinski definition) is 5. The van der Waals surface area contributed by atoms with Crippen LogP contribution in [0.15, 0.2) is 16.7 Å². The highest BCUT2D eigenvalue weighted by atomic mass is 16.6. The molecule has 134 valence electrons. The van der Waals surface area contributed by atoms with Gasteiger partial charge in [-0.1, -0.05) is 0 Å². The van der Waals surface area contributed by atoms with Crippen LogP contribution in [0.3, 0.4) is 0 Å². The average Bonchev–Trinajstić information content (AvgIpc) is 3.00. The first-order valence-corrected chi connectivity index (χ1v) is 8.51. The molecule has 2 atom stereocenters. The van der Waals surface area contributed by atoms with Crippen LogP contribution in [-0.4, -0.2) is 53.6 Å². The van der Waals surface area contributed by atoms with E-state index in [-0.39, 0.29) is 29.6 Å². The van der Waals surface area contributed by atoms with Crippen LogP contribution in [-0.2, 0) is 4.74 Å². The lowest BCUT2D eigenvalue weighted by Gasteiger charge is -2.45. The number of likely N-dealkylation sites (tertiary alicyclic amines) is 2. The summed E-state index contributed by atoms with van der Waals surface area (Å²) < 4.78 is 10.7. The maximum atomic E-state index is 12.6. The highest BCUT2D eigenvalue weighted by molar-refractivity contribution is 5.92. The number of hydrogen-bond donors (Lipinski definition) is 0. The number of carbonyl (C=O) groups excluding carboxylic acids is 2. The summed E-state index contributed by atoms with van der Waals surface area (Å²) in [6, 6.07) is 3.43. The Labute approximate surface area is 147 Å². The first-order chi connectivity index (χ1) is 11.7. The fraction of sp³-hybridized carbons (Fsp3) is 0.611. The van der Waals surface area contributed by atoms with Crippen LogP contribution in [0, 0.1) is 23.2 Å². The number of amides is 2. The Bertz CT molecular complexity index is 699. The standard InChI is InChI=1S/C18H23N3O4/c1-18(2,3)25-17(23)21-9-13-4-14(10-21)8-20(7-13)16(22)15-5-12(6-19)11-24-15/h5,11,13-14H,4,7-10H2,1-3H3/t13-,14+. The van der Waals surface area contributed by atoms with Crippen molar-refractivity contribution in [2.24, 2.45) is 11.8 Å². The van der Waals surface area contributed by atoms with Crippen LogP contribution in [0.1, 0.15) is 43.3 Å². The molecule has 0 N–H and O–H groups in total. The minimum Gasteiger partial charge on any atom is -0.458 e. The van der Waals surface area contributed by atoms with Crippen LogP contribution in [0.5, 0.6) is 0 Å². The first kappa shape index (κ1) is 17.3.